The van der Waals surface area contributed by atoms with Gasteiger partial charge in [0.15, 0.2) is 0 Å². The van der Waals surface area contributed by atoms with Gasteiger partial charge in [-0.05, 0) is 30.8 Å². The molecule has 1 amide bonds. The van der Waals surface area contributed by atoms with Gasteiger partial charge in [-0.1, -0.05) is 6.92 Å². The molecule has 0 aliphatic carbocycles. The van der Waals surface area contributed by atoms with Gasteiger partial charge in [0.1, 0.15) is 0 Å². The van der Waals surface area contributed by atoms with Crippen LogP contribution in [0.15, 0.2) is 0 Å². The Morgan fingerprint density at radius 1 is 1.62 bits per heavy atom. The van der Waals surface area contributed by atoms with E-state index < -0.39 is 0 Å². The van der Waals surface area contributed by atoms with Crippen molar-refractivity contribution < 1.29 is 4.79 Å². The quantitative estimate of drug-likeness (QED) is 0.707. The van der Waals surface area contributed by atoms with Crippen molar-refractivity contribution >= 4 is 17.7 Å². The first-order chi connectivity index (χ1) is 6.24. The highest BCUT2D eigenvalue weighted by atomic mass is 32.2. The molecule has 3 N–H and O–H groups in total. The predicted octanol–water partition coefficient (Wildman–Crippen LogP) is 0.735. The van der Waals surface area contributed by atoms with E-state index in [2.05, 4.69) is 5.32 Å². The van der Waals surface area contributed by atoms with Gasteiger partial charge in [0, 0.05) is 6.04 Å². The molecule has 1 aliphatic heterocycles. The van der Waals surface area contributed by atoms with Crippen LogP contribution in [0.25, 0.3) is 0 Å². The molecule has 0 spiro atoms. The van der Waals surface area contributed by atoms with Crippen LogP contribution in [0.5, 0.6) is 0 Å². The summed E-state index contributed by atoms with van der Waals surface area (Å²) in [5.74, 6) is 2.18. The van der Waals surface area contributed by atoms with Crippen LogP contribution in [0.2, 0.25) is 0 Å². The fourth-order valence-corrected chi connectivity index (χ4v) is 2.66. The minimum absolute atomic E-state index is 0.131. The van der Waals surface area contributed by atoms with Crippen molar-refractivity contribution in [1.29, 1.82) is 0 Å². The molecule has 0 saturated carbocycles. The highest BCUT2D eigenvalue weighted by Crippen LogP contribution is 2.17. The van der Waals surface area contributed by atoms with E-state index in [-0.39, 0.29) is 11.9 Å². The highest BCUT2D eigenvalue weighted by Gasteiger charge is 2.19. The van der Waals surface area contributed by atoms with Gasteiger partial charge in [0.25, 0.3) is 0 Å². The first kappa shape index (κ1) is 10.9. The normalized spacial score (nSPS) is 21.3. The fourth-order valence-electron chi connectivity index (χ4n) is 1.55. The molecule has 76 valence electrons. The lowest BCUT2D eigenvalue weighted by atomic mass is 10.1. The third kappa shape index (κ3) is 3.56. The lowest BCUT2D eigenvalue weighted by Crippen LogP contribution is -2.47. The van der Waals surface area contributed by atoms with Crippen molar-refractivity contribution in [3.05, 3.63) is 0 Å². The fraction of sp³-hybridized carbons (Fsp3) is 0.889. The van der Waals surface area contributed by atoms with Crippen molar-refractivity contribution in [1.82, 2.24) is 5.32 Å². The molecule has 0 radical (unpaired) electrons. The van der Waals surface area contributed by atoms with Crippen LogP contribution in [0.4, 0.5) is 0 Å². The molecule has 1 atom stereocenters. The van der Waals surface area contributed by atoms with Crippen LogP contribution >= 0.6 is 11.8 Å². The number of thioether (sulfide) groups is 1. The van der Waals surface area contributed by atoms with Gasteiger partial charge in [0.05, 0.1) is 6.04 Å². The largest absolute Gasteiger partial charge is 0.368 e. The minimum atomic E-state index is -0.222. The van der Waals surface area contributed by atoms with Crippen LogP contribution in [-0.4, -0.2) is 29.5 Å². The highest BCUT2D eigenvalue weighted by molar-refractivity contribution is 7.99. The van der Waals surface area contributed by atoms with Crippen LogP contribution < -0.4 is 11.1 Å². The van der Waals surface area contributed by atoms with Crippen LogP contribution in [-0.2, 0) is 4.79 Å². The van der Waals surface area contributed by atoms with E-state index in [9.17, 15) is 4.79 Å². The summed E-state index contributed by atoms with van der Waals surface area (Å²) >= 11 is 1.99. The topological polar surface area (TPSA) is 55.1 Å². The number of hydrogen-bond donors (Lipinski definition) is 2. The molecule has 1 heterocycles. The second-order valence-corrected chi connectivity index (χ2v) is 4.64. The van der Waals surface area contributed by atoms with Crippen LogP contribution in [0, 0.1) is 0 Å². The number of rotatable bonds is 4. The summed E-state index contributed by atoms with van der Waals surface area (Å²) in [6, 6.07) is 0.367. The second-order valence-electron chi connectivity index (χ2n) is 3.42. The molecular formula is C9H18N2OS. The van der Waals surface area contributed by atoms with Crippen molar-refractivity contribution in [3.8, 4) is 0 Å². The zero-order valence-electron chi connectivity index (χ0n) is 8.08. The van der Waals surface area contributed by atoms with E-state index in [4.69, 9.17) is 5.73 Å². The number of carbonyl (C=O) groups is 1. The molecular weight excluding hydrogens is 184 g/mol. The van der Waals surface area contributed by atoms with Gasteiger partial charge in [-0.25, -0.2) is 0 Å². The van der Waals surface area contributed by atoms with Gasteiger partial charge in [0.2, 0.25) is 5.91 Å². The first-order valence-electron chi connectivity index (χ1n) is 4.87. The molecule has 1 saturated heterocycles. The first-order valence-corrected chi connectivity index (χ1v) is 6.02. The Bertz CT molecular complexity index is 169. The van der Waals surface area contributed by atoms with E-state index in [1.165, 1.54) is 11.5 Å². The lowest BCUT2D eigenvalue weighted by molar-refractivity contribution is -0.120. The Kier molecular flexibility index (Phi) is 4.59. The Labute approximate surface area is 83.8 Å². The van der Waals surface area contributed by atoms with E-state index in [0.717, 1.165) is 19.3 Å². The number of hydrogen-bond acceptors (Lipinski definition) is 3. The lowest BCUT2D eigenvalue weighted by Gasteiger charge is -2.26. The standard InChI is InChI=1S/C9H18N2OS/c1-2-8(9(10)12)11-7-3-5-13-6-4-7/h7-8,11H,2-6H2,1H3,(H2,10,12). The molecule has 0 aromatic carbocycles. The Morgan fingerprint density at radius 2 is 2.23 bits per heavy atom. The molecule has 1 rings (SSSR count). The van der Waals surface area contributed by atoms with Crippen molar-refractivity contribution in [3.63, 3.8) is 0 Å². The second kappa shape index (κ2) is 5.50. The average Bonchev–Trinajstić information content (AvgIpc) is 2.15. The van der Waals surface area contributed by atoms with Gasteiger partial charge >= 0.3 is 0 Å². The number of nitrogens with one attached hydrogen (secondary N) is 1. The predicted molar refractivity (Wildman–Crippen MR) is 56.8 cm³/mol. The summed E-state index contributed by atoms with van der Waals surface area (Å²) in [6.07, 6.45) is 3.11. The van der Waals surface area contributed by atoms with Crippen LogP contribution in [0.1, 0.15) is 26.2 Å². The number of amides is 1. The van der Waals surface area contributed by atoms with Crippen molar-refractivity contribution in [2.24, 2.45) is 5.73 Å². The third-order valence-corrected chi connectivity index (χ3v) is 3.46. The summed E-state index contributed by atoms with van der Waals surface area (Å²) in [7, 11) is 0. The molecule has 0 aromatic rings. The SMILES string of the molecule is CCC(NC1CCSCC1)C(N)=O. The Balaban J connectivity index is 2.31. The maximum atomic E-state index is 11.0. The van der Waals surface area contributed by atoms with Gasteiger partial charge in [-0.2, -0.15) is 11.8 Å². The molecule has 4 heteroatoms. The molecule has 1 fully saturated rings. The van der Waals surface area contributed by atoms with Crippen molar-refractivity contribution in [2.75, 3.05) is 11.5 Å². The average molecular weight is 202 g/mol. The van der Waals surface area contributed by atoms with E-state index in [0.29, 0.717) is 6.04 Å². The monoisotopic (exact) mass is 202 g/mol. The summed E-state index contributed by atoms with van der Waals surface area (Å²) in [5.41, 5.74) is 5.26. The third-order valence-electron chi connectivity index (χ3n) is 2.41. The number of nitrogens with two attached hydrogens (primary N) is 1. The number of primary amides is 1. The molecule has 1 aliphatic rings. The van der Waals surface area contributed by atoms with E-state index in [1.54, 1.807) is 0 Å². The van der Waals surface area contributed by atoms with Gasteiger partial charge in [-0.3, -0.25) is 4.79 Å². The summed E-state index contributed by atoms with van der Waals surface area (Å²) in [4.78, 5) is 11.0. The number of carbonyl (C=O) groups excluding carboxylic acids is 1. The maximum absolute atomic E-state index is 11.0. The zero-order chi connectivity index (χ0) is 9.68. The summed E-state index contributed by atoms with van der Waals surface area (Å²) in [6.45, 7) is 1.99. The summed E-state index contributed by atoms with van der Waals surface area (Å²) in [5, 5.41) is 3.32. The maximum Gasteiger partial charge on any atom is 0.234 e. The minimum Gasteiger partial charge on any atom is -0.368 e. The van der Waals surface area contributed by atoms with Crippen LogP contribution in [0.3, 0.4) is 0 Å². The molecule has 0 aromatic heterocycles. The Morgan fingerprint density at radius 3 is 2.69 bits per heavy atom. The molecule has 0 bridgehead atoms. The van der Waals surface area contributed by atoms with Gasteiger partial charge in [-0.15, -0.1) is 0 Å². The zero-order valence-corrected chi connectivity index (χ0v) is 8.90. The Hall–Kier alpha value is -0.220. The van der Waals surface area contributed by atoms with Crippen molar-refractivity contribution in [2.45, 2.75) is 38.3 Å². The summed E-state index contributed by atoms with van der Waals surface area (Å²) < 4.78 is 0. The molecule has 3 nitrogen and oxygen atoms in total. The van der Waals surface area contributed by atoms with E-state index in [1.807, 2.05) is 18.7 Å². The van der Waals surface area contributed by atoms with E-state index >= 15 is 0 Å². The smallest absolute Gasteiger partial charge is 0.234 e. The molecule has 13 heavy (non-hydrogen) atoms. The molecule has 1 unspecified atom stereocenters. The van der Waals surface area contributed by atoms with Gasteiger partial charge < -0.3 is 11.1 Å².